The number of nitrogens with one attached hydrogen (secondary N) is 2. The molecule has 33 heavy (non-hydrogen) atoms. The van der Waals surface area contributed by atoms with E-state index in [1.54, 1.807) is 0 Å². The molecule has 2 atom stereocenters. The summed E-state index contributed by atoms with van der Waals surface area (Å²) < 4.78 is 72.9. The molecule has 1 saturated carbocycles. The van der Waals surface area contributed by atoms with Gasteiger partial charge in [-0.25, -0.2) is 17.5 Å². The predicted molar refractivity (Wildman–Crippen MR) is 127 cm³/mol. The summed E-state index contributed by atoms with van der Waals surface area (Å²) in [7, 11) is -3.93. The van der Waals surface area contributed by atoms with E-state index < -0.39 is 22.0 Å². The standard InChI is InChI=1S/C22H21Br2F3N2O3S/c1-12-3-2-4-19-22(12,15-9-13(23)10-17(25)20(15)29-19)7-8-28-33(30,31)14-5-6-18(16(24)11-14)32-21(26)27/h5-6,9-11,19,21,28-29H,1-4,7-8H2. The molecule has 2 aromatic rings. The molecular weight excluding hydrogens is 589 g/mol. The quantitative estimate of drug-likeness (QED) is 0.373. The highest BCUT2D eigenvalue weighted by Gasteiger charge is 2.51. The first kappa shape index (κ1) is 24.6. The van der Waals surface area contributed by atoms with Crippen LogP contribution in [0.25, 0.3) is 0 Å². The second-order valence-corrected chi connectivity index (χ2v) is 11.6. The summed E-state index contributed by atoms with van der Waals surface area (Å²) in [6.45, 7) is 1.33. The number of benzene rings is 2. The van der Waals surface area contributed by atoms with Gasteiger partial charge in [-0.3, -0.25) is 0 Å². The molecule has 4 rings (SSSR count). The molecule has 2 aliphatic rings. The molecule has 2 aromatic carbocycles. The highest BCUT2D eigenvalue weighted by atomic mass is 79.9. The van der Waals surface area contributed by atoms with E-state index in [4.69, 9.17) is 0 Å². The van der Waals surface area contributed by atoms with Gasteiger partial charge in [0.2, 0.25) is 10.0 Å². The van der Waals surface area contributed by atoms with Crippen molar-refractivity contribution in [3.8, 4) is 5.75 Å². The molecule has 11 heteroatoms. The van der Waals surface area contributed by atoms with Crippen molar-refractivity contribution in [1.29, 1.82) is 0 Å². The van der Waals surface area contributed by atoms with Crippen LogP contribution in [0.1, 0.15) is 31.2 Å². The van der Waals surface area contributed by atoms with Crippen LogP contribution in [-0.4, -0.2) is 27.6 Å². The van der Waals surface area contributed by atoms with Crippen molar-refractivity contribution in [3.05, 3.63) is 62.8 Å². The number of halogens is 5. The Morgan fingerprint density at radius 3 is 2.73 bits per heavy atom. The van der Waals surface area contributed by atoms with Crippen LogP contribution < -0.4 is 14.8 Å². The highest BCUT2D eigenvalue weighted by Crippen LogP contribution is 2.54. The predicted octanol–water partition coefficient (Wildman–Crippen LogP) is 6.09. The fraction of sp³-hybridized carbons (Fsp3) is 0.364. The summed E-state index contributed by atoms with van der Waals surface area (Å²) in [5.74, 6) is -0.525. The minimum atomic E-state index is -3.93. The van der Waals surface area contributed by atoms with E-state index in [1.807, 2.05) is 6.07 Å². The van der Waals surface area contributed by atoms with Crippen molar-refractivity contribution >= 4 is 47.6 Å². The number of rotatable bonds is 7. The fourth-order valence-electron chi connectivity index (χ4n) is 4.85. The average molecular weight is 610 g/mol. The third kappa shape index (κ3) is 4.56. The number of fused-ring (bicyclic) bond motifs is 3. The maximum atomic E-state index is 14.7. The SMILES string of the molecule is C=C1CCCC2Nc3c(F)cc(Br)cc3C12CCNS(=O)(=O)c1ccc(OC(F)F)c(Br)c1. The first-order chi connectivity index (χ1) is 15.5. The second-order valence-electron chi connectivity index (χ2n) is 8.09. The van der Waals surface area contributed by atoms with Gasteiger partial charge >= 0.3 is 6.61 Å². The number of hydrogen-bond donors (Lipinski definition) is 2. The van der Waals surface area contributed by atoms with Crippen LogP contribution in [0.5, 0.6) is 5.75 Å². The Morgan fingerprint density at radius 2 is 2.03 bits per heavy atom. The van der Waals surface area contributed by atoms with E-state index in [2.05, 4.69) is 53.2 Å². The molecule has 1 aliphatic heterocycles. The fourth-order valence-corrected chi connectivity index (χ4v) is 6.96. The third-order valence-corrected chi connectivity index (χ3v) is 8.83. The molecule has 0 spiro atoms. The normalized spacial score (nSPS) is 22.1. The Bertz CT molecular complexity index is 1210. The molecule has 0 aromatic heterocycles. The summed E-state index contributed by atoms with van der Waals surface area (Å²) in [5, 5.41) is 3.30. The monoisotopic (exact) mass is 608 g/mol. The lowest BCUT2D eigenvalue weighted by atomic mass is 9.63. The molecule has 1 heterocycles. The maximum absolute atomic E-state index is 14.7. The molecular formula is C22H21Br2F3N2O3S. The number of hydrogen-bond acceptors (Lipinski definition) is 4. The number of sulfonamides is 1. The van der Waals surface area contributed by atoms with Crippen molar-refractivity contribution in [2.24, 2.45) is 0 Å². The van der Waals surface area contributed by atoms with Gasteiger partial charge in [0.1, 0.15) is 11.6 Å². The van der Waals surface area contributed by atoms with Crippen molar-refractivity contribution in [2.75, 3.05) is 11.9 Å². The van der Waals surface area contributed by atoms with Gasteiger partial charge < -0.3 is 10.1 Å². The third-order valence-electron chi connectivity index (χ3n) is 6.29. The van der Waals surface area contributed by atoms with Crippen LogP contribution in [0.3, 0.4) is 0 Å². The van der Waals surface area contributed by atoms with Crippen LogP contribution in [-0.2, 0) is 15.4 Å². The Morgan fingerprint density at radius 1 is 1.27 bits per heavy atom. The van der Waals surface area contributed by atoms with Gasteiger partial charge in [0, 0.05) is 22.5 Å². The average Bonchev–Trinajstić information content (AvgIpc) is 3.05. The first-order valence-electron chi connectivity index (χ1n) is 10.2. The van der Waals surface area contributed by atoms with E-state index in [0.717, 1.165) is 30.4 Å². The maximum Gasteiger partial charge on any atom is 0.387 e. The number of ether oxygens (including phenoxy) is 1. The van der Waals surface area contributed by atoms with Crippen molar-refractivity contribution < 1.29 is 26.3 Å². The molecule has 2 N–H and O–H groups in total. The highest BCUT2D eigenvalue weighted by molar-refractivity contribution is 9.10. The van der Waals surface area contributed by atoms with E-state index in [-0.39, 0.29) is 33.5 Å². The van der Waals surface area contributed by atoms with Crippen LogP contribution in [0.15, 0.2) is 56.3 Å². The van der Waals surface area contributed by atoms with Gasteiger partial charge in [0.05, 0.1) is 15.1 Å². The van der Waals surface area contributed by atoms with Gasteiger partial charge in [-0.1, -0.05) is 28.1 Å². The van der Waals surface area contributed by atoms with E-state index in [9.17, 15) is 21.6 Å². The molecule has 5 nitrogen and oxygen atoms in total. The van der Waals surface area contributed by atoms with Crippen molar-refractivity contribution in [3.63, 3.8) is 0 Å². The van der Waals surface area contributed by atoms with Gasteiger partial charge in [0.15, 0.2) is 0 Å². The van der Waals surface area contributed by atoms with Crippen LogP contribution >= 0.6 is 31.9 Å². The summed E-state index contributed by atoms with van der Waals surface area (Å²) in [6, 6.07) is 6.77. The topological polar surface area (TPSA) is 67.4 Å². The molecule has 0 saturated heterocycles. The molecule has 1 aliphatic carbocycles. The molecule has 0 bridgehead atoms. The molecule has 1 fully saturated rings. The minimum Gasteiger partial charge on any atom is -0.434 e. The Labute approximate surface area is 207 Å². The van der Waals surface area contributed by atoms with Crippen molar-refractivity contribution in [1.82, 2.24) is 4.72 Å². The molecule has 2 unspecified atom stereocenters. The zero-order valence-corrected chi connectivity index (χ0v) is 21.3. The van der Waals surface area contributed by atoms with Crippen LogP contribution in [0.2, 0.25) is 0 Å². The van der Waals surface area contributed by atoms with E-state index in [1.165, 1.54) is 24.3 Å². The number of alkyl halides is 2. The smallest absolute Gasteiger partial charge is 0.387 e. The lowest BCUT2D eigenvalue weighted by Crippen LogP contribution is -2.45. The lowest BCUT2D eigenvalue weighted by molar-refractivity contribution is -0.0503. The number of anilines is 1. The van der Waals surface area contributed by atoms with Gasteiger partial charge in [-0.15, -0.1) is 0 Å². The molecule has 178 valence electrons. The van der Waals surface area contributed by atoms with Crippen LogP contribution in [0, 0.1) is 5.82 Å². The summed E-state index contributed by atoms with van der Waals surface area (Å²) >= 11 is 6.43. The Balaban J connectivity index is 1.57. The molecule has 0 radical (unpaired) electrons. The minimum absolute atomic E-state index is 0.0815. The summed E-state index contributed by atoms with van der Waals surface area (Å²) in [6.07, 6.45) is 2.90. The van der Waals surface area contributed by atoms with Gasteiger partial charge in [-0.2, -0.15) is 8.78 Å². The van der Waals surface area contributed by atoms with Crippen LogP contribution in [0.4, 0.5) is 18.9 Å². The zero-order valence-electron chi connectivity index (χ0n) is 17.3. The Kier molecular flexibility index (Phi) is 6.88. The lowest BCUT2D eigenvalue weighted by Gasteiger charge is -2.42. The van der Waals surface area contributed by atoms with E-state index >= 15 is 0 Å². The Hall–Kier alpha value is -1.56. The molecule has 0 amide bonds. The van der Waals surface area contributed by atoms with Gasteiger partial charge in [0.25, 0.3) is 0 Å². The first-order valence-corrected chi connectivity index (χ1v) is 13.3. The zero-order chi connectivity index (χ0) is 24.0. The van der Waals surface area contributed by atoms with E-state index in [0.29, 0.717) is 16.6 Å². The summed E-state index contributed by atoms with van der Waals surface area (Å²) in [5.41, 5.74) is 1.56. The second kappa shape index (κ2) is 9.24. The summed E-state index contributed by atoms with van der Waals surface area (Å²) in [4.78, 5) is -0.0914. The van der Waals surface area contributed by atoms with Crippen molar-refractivity contribution in [2.45, 2.75) is 48.6 Å². The largest absolute Gasteiger partial charge is 0.434 e. The van der Waals surface area contributed by atoms with Gasteiger partial charge in [-0.05, 0) is 77.5 Å².